The number of esters is 1. The van der Waals surface area contributed by atoms with Gasteiger partial charge in [-0.25, -0.2) is 4.79 Å². The molecule has 0 radical (unpaired) electrons. The van der Waals surface area contributed by atoms with Gasteiger partial charge in [0.05, 0.1) is 5.57 Å². The van der Waals surface area contributed by atoms with Gasteiger partial charge in [0.2, 0.25) is 6.10 Å². The molecule has 11 nitrogen and oxygen atoms in total. The minimum Gasteiger partial charge on any atom is -0.475 e. The summed E-state index contributed by atoms with van der Waals surface area (Å²) >= 11 is 0. The van der Waals surface area contributed by atoms with E-state index in [-0.39, 0.29) is 6.08 Å². The van der Waals surface area contributed by atoms with Crippen molar-refractivity contribution in [3.05, 3.63) is 49.1 Å². The van der Waals surface area contributed by atoms with Crippen LogP contribution in [0, 0.1) is 27.1 Å². The second-order valence-electron chi connectivity index (χ2n) is 6.63. The Labute approximate surface area is 192 Å². The van der Waals surface area contributed by atoms with Crippen molar-refractivity contribution in [2.75, 3.05) is 0 Å². The molecule has 0 bridgehead atoms. The molecule has 1 aromatic carbocycles. The topological polar surface area (TPSA) is 140 Å². The molecule has 1 aliphatic rings. The first-order valence-electron chi connectivity index (χ1n) is 9.91. The fourth-order valence-corrected chi connectivity index (χ4v) is 3.26. The van der Waals surface area contributed by atoms with E-state index in [4.69, 9.17) is 4.11 Å². The van der Waals surface area contributed by atoms with Gasteiger partial charge < -0.3 is 9.47 Å². The summed E-state index contributed by atoms with van der Waals surface area (Å²) in [6.07, 6.45) is -14.0. The number of aryl methyl sites for hydroxylation is 1. The van der Waals surface area contributed by atoms with Gasteiger partial charge in [-0.15, -0.1) is 20.2 Å². The quantitative estimate of drug-likeness (QED) is 0.143. The Bertz CT molecular complexity index is 1190. The van der Waals surface area contributed by atoms with Crippen LogP contribution in [-0.2, 0) is 19.2 Å². The van der Waals surface area contributed by atoms with Crippen LogP contribution in [0.15, 0.2) is 22.6 Å². The Kier molecular flexibility index (Phi) is 5.29. The van der Waals surface area contributed by atoms with Crippen LogP contribution >= 0.6 is 10.2 Å². The number of ether oxygens (including phenoxy) is 2. The highest BCUT2D eigenvalue weighted by Crippen LogP contribution is 3.02. The van der Waals surface area contributed by atoms with Gasteiger partial charge in [0, 0.05) is 9.68 Å². The first-order valence-corrected chi connectivity index (χ1v) is 10.4. The lowest BCUT2D eigenvalue weighted by molar-refractivity contribution is -0.853. The van der Waals surface area contributed by atoms with Gasteiger partial charge in [0.15, 0.2) is 6.10 Å². The van der Waals surface area contributed by atoms with E-state index in [1.54, 1.807) is 0 Å². The van der Waals surface area contributed by atoms with E-state index in [1.165, 1.54) is 0 Å². The highest BCUT2D eigenvalue weighted by atomic mass is 32.5. The molecule has 35 heavy (non-hydrogen) atoms. The first kappa shape index (κ1) is 23.2. The SMILES string of the molecule is [2H]C([2H])([2H])c1cc(S(F)(F)(F)(F)F)cc2c1OC(C(F)(F)F)C(C(=O)OC(C)C(O[N+](=O)[O-])O[N+](=O)[O-])=C2. The zero-order chi connectivity index (χ0) is 29.7. The third kappa shape index (κ3) is 6.73. The number of carbonyl (C=O) groups excluding carboxylic acids is 1. The molecule has 1 aromatic rings. The van der Waals surface area contributed by atoms with Gasteiger partial charge in [-0.05, 0) is 37.5 Å². The lowest BCUT2D eigenvalue weighted by Gasteiger charge is -2.41. The van der Waals surface area contributed by atoms with E-state index in [0.717, 1.165) is 0 Å². The van der Waals surface area contributed by atoms with E-state index in [2.05, 4.69) is 19.1 Å². The average molecular weight is 551 g/mol. The summed E-state index contributed by atoms with van der Waals surface area (Å²) in [5, 5.41) is 17.6. The highest BCUT2D eigenvalue weighted by Gasteiger charge is 2.65. The molecule has 2 unspecified atom stereocenters. The van der Waals surface area contributed by atoms with Crippen molar-refractivity contribution < 1.29 is 70.8 Å². The third-order valence-electron chi connectivity index (χ3n) is 3.95. The second-order valence-corrected chi connectivity index (χ2v) is 9.04. The van der Waals surface area contributed by atoms with Gasteiger partial charge in [-0.3, -0.25) is 9.68 Å². The van der Waals surface area contributed by atoms with Crippen molar-refractivity contribution >= 4 is 22.3 Å². The number of fused-ring (bicyclic) bond motifs is 1. The van der Waals surface area contributed by atoms with Gasteiger partial charge >= 0.3 is 22.4 Å². The molecule has 198 valence electrons. The third-order valence-corrected chi connectivity index (χ3v) is 5.08. The predicted octanol–water partition coefficient (Wildman–Crippen LogP) is 5.03. The van der Waals surface area contributed by atoms with Crippen LogP contribution in [0.25, 0.3) is 6.08 Å². The van der Waals surface area contributed by atoms with E-state index in [1.807, 2.05) is 0 Å². The summed E-state index contributed by atoms with van der Waals surface area (Å²) in [5.74, 6) is -3.61. The lowest BCUT2D eigenvalue weighted by atomic mass is 9.99. The fraction of sp³-hybridized carbons (Fsp3) is 0.400. The predicted molar refractivity (Wildman–Crippen MR) is 96.5 cm³/mol. The van der Waals surface area contributed by atoms with Gasteiger partial charge in [0.1, 0.15) is 10.6 Å². The molecule has 0 spiro atoms. The molecule has 0 saturated carbocycles. The van der Waals surface area contributed by atoms with Crippen molar-refractivity contribution in [1.82, 2.24) is 0 Å². The monoisotopic (exact) mass is 551 g/mol. The van der Waals surface area contributed by atoms with Crippen molar-refractivity contribution in [2.24, 2.45) is 0 Å². The molecule has 0 aromatic heterocycles. The van der Waals surface area contributed by atoms with Crippen LogP contribution in [0.1, 0.15) is 22.2 Å². The zero-order valence-electron chi connectivity index (χ0n) is 19.5. The van der Waals surface area contributed by atoms with Crippen molar-refractivity contribution in [3.63, 3.8) is 0 Å². The van der Waals surface area contributed by atoms with Crippen LogP contribution in [0.2, 0.25) is 0 Å². The fourth-order valence-electron chi connectivity index (χ4n) is 2.57. The highest BCUT2D eigenvalue weighted by molar-refractivity contribution is 8.45. The summed E-state index contributed by atoms with van der Waals surface area (Å²) in [4.78, 5) is 38.0. The number of benzene rings is 1. The standard InChI is InChI=1S/C15H12F8N2O9S/c1-6-3-9(35(19,20,21,22)23)4-8-5-10(12(15(16,17)18)32-11(6)8)13(26)31-7(2)14(33-24(27)28)34-25(29)30/h3-5,7,12,14H,1-2H3/i1D3. The zero-order valence-corrected chi connectivity index (χ0v) is 17.3. The molecule has 0 saturated heterocycles. The van der Waals surface area contributed by atoms with Crippen molar-refractivity contribution in [3.8, 4) is 5.75 Å². The molecule has 2 atom stereocenters. The average Bonchev–Trinajstić information content (AvgIpc) is 2.67. The number of hydrogen-bond donors (Lipinski definition) is 0. The van der Waals surface area contributed by atoms with Crippen LogP contribution < -0.4 is 4.74 Å². The number of carbonyl (C=O) groups is 1. The van der Waals surface area contributed by atoms with Gasteiger partial charge in [-0.1, -0.05) is 19.4 Å². The van der Waals surface area contributed by atoms with Crippen LogP contribution in [0.5, 0.6) is 5.75 Å². The van der Waals surface area contributed by atoms with Crippen molar-refractivity contribution in [2.45, 2.75) is 43.3 Å². The number of alkyl halides is 3. The molecule has 0 amide bonds. The molecule has 0 N–H and O–H groups in total. The minimum atomic E-state index is -10.6. The molecule has 1 heterocycles. The maximum atomic E-state index is 13.7. The molecule has 20 heteroatoms. The molecule has 0 aliphatic carbocycles. The summed E-state index contributed by atoms with van der Waals surface area (Å²) in [7, 11) is -10.6. The maximum Gasteiger partial charge on any atom is 0.430 e. The second kappa shape index (κ2) is 7.99. The van der Waals surface area contributed by atoms with E-state index >= 15 is 0 Å². The summed E-state index contributed by atoms with van der Waals surface area (Å²) in [6, 6.07) is -1.06. The smallest absolute Gasteiger partial charge is 0.430 e. The Balaban J connectivity index is 2.70. The molecular weight excluding hydrogens is 536 g/mol. The lowest BCUT2D eigenvalue weighted by Crippen LogP contribution is -2.43. The molecule has 1 aliphatic heterocycles. The first-order chi connectivity index (χ1) is 16.7. The molecule has 0 fully saturated rings. The minimum absolute atomic E-state index is 0.0774. The number of halogens is 8. The van der Waals surface area contributed by atoms with Crippen molar-refractivity contribution in [1.29, 1.82) is 0 Å². The summed E-state index contributed by atoms with van der Waals surface area (Å²) in [6.45, 7) is -3.11. The van der Waals surface area contributed by atoms with Gasteiger partial charge in [0.25, 0.3) is 16.5 Å². The number of nitrogens with zero attached hydrogens (tertiary/aromatic N) is 2. The Hall–Kier alpha value is -3.58. The number of rotatable bonds is 8. The summed E-state index contributed by atoms with van der Waals surface area (Å²) < 4.78 is 139. The van der Waals surface area contributed by atoms with E-state index in [9.17, 15) is 57.6 Å². The summed E-state index contributed by atoms with van der Waals surface area (Å²) in [5.41, 5.74) is -4.78. The maximum absolute atomic E-state index is 13.7. The molecule has 2 rings (SSSR count). The van der Waals surface area contributed by atoms with E-state index < -0.39 is 97.4 Å². The normalized spacial score (nSPS) is 20.3. The Morgan fingerprint density at radius 1 is 1.14 bits per heavy atom. The van der Waals surface area contributed by atoms with E-state index in [0.29, 0.717) is 6.92 Å². The number of hydrogen-bond acceptors (Lipinski definition) is 9. The van der Waals surface area contributed by atoms with Crippen LogP contribution in [-0.4, -0.2) is 40.8 Å². The Morgan fingerprint density at radius 2 is 1.69 bits per heavy atom. The Morgan fingerprint density at radius 3 is 2.11 bits per heavy atom. The molecular formula is C15H12F8N2O9S. The van der Waals surface area contributed by atoms with Gasteiger partial charge in [-0.2, -0.15) is 13.2 Å². The largest absolute Gasteiger partial charge is 0.475 e. The van der Waals surface area contributed by atoms with Crippen LogP contribution in [0.4, 0.5) is 32.6 Å². The van der Waals surface area contributed by atoms with Crippen LogP contribution in [0.3, 0.4) is 0 Å².